The molecule has 4 heteroatoms. The Morgan fingerprint density at radius 3 is 2.85 bits per heavy atom. The summed E-state index contributed by atoms with van der Waals surface area (Å²) in [5.41, 5.74) is 6.72. The predicted octanol–water partition coefficient (Wildman–Crippen LogP) is 0.483. The average Bonchev–Trinajstić information content (AvgIpc) is 2.57. The third kappa shape index (κ3) is 3.16. The Labute approximate surface area is 78.9 Å². The molecule has 0 radical (unpaired) electrons. The Kier molecular flexibility index (Phi) is 3.92. The van der Waals surface area contributed by atoms with Crippen LogP contribution in [0.1, 0.15) is 19.5 Å². The lowest BCUT2D eigenvalue weighted by Crippen LogP contribution is -2.39. The van der Waals surface area contributed by atoms with Crippen LogP contribution in [0, 0.1) is 5.92 Å². The van der Waals surface area contributed by atoms with E-state index in [1.54, 1.807) is 6.20 Å². The van der Waals surface area contributed by atoms with Crippen molar-refractivity contribution in [2.75, 3.05) is 6.54 Å². The van der Waals surface area contributed by atoms with Crippen molar-refractivity contribution in [1.82, 2.24) is 15.5 Å². The molecule has 1 rings (SSSR count). The molecule has 4 N–H and O–H groups in total. The monoisotopic (exact) mass is 182 g/mol. The van der Waals surface area contributed by atoms with Gasteiger partial charge in [0.25, 0.3) is 0 Å². The van der Waals surface area contributed by atoms with E-state index < -0.39 is 0 Å². The molecule has 13 heavy (non-hydrogen) atoms. The fraction of sp³-hybridized carbons (Fsp3) is 0.667. The number of hydrogen-bond donors (Lipinski definition) is 3. The number of nitrogens with two attached hydrogens (primary N) is 1. The summed E-state index contributed by atoms with van der Waals surface area (Å²) >= 11 is 0. The van der Waals surface area contributed by atoms with Crippen LogP contribution in [0.4, 0.5) is 0 Å². The third-order valence-electron chi connectivity index (χ3n) is 2.17. The molecule has 0 aliphatic rings. The second-order valence-electron chi connectivity index (χ2n) is 3.55. The first-order valence-electron chi connectivity index (χ1n) is 4.65. The van der Waals surface area contributed by atoms with E-state index in [9.17, 15) is 0 Å². The highest BCUT2D eigenvalue weighted by atomic mass is 15.1. The molecular weight excluding hydrogens is 164 g/mol. The molecule has 0 spiro atoms. The van der Waals surface area contributed by atoms with Crippen LogP contribution in [0.5, 0.6) is 0 Å². The number of aromatic nitrogens is 2. The van der Waals surface area contributed by atoms with Gasteiger partial charge in [0.2, 0.25) is 0 Å². The maximum absolute atomic E-state index is 5.62. The van der Waals surface area contributed by atoms with Gasteiger partial charge in [0.05, 0.1) is 0 Å². The Morgan fingerprint density at radius 2 is 2.38 bits per heavy atom. The smallest absolute Gasteiger partial charge is 0.0490 e. The molecule has 0 bridgehead atoms. The minimum atomic E-state index is 0.378. The maximum Gasteiger partial charge on any atom is 0.0490 e. The SMILES string of the molecule is CC(C)C(CN)NCc1ccn[nH]1. The third-order valence-corrected chi connectivity index (χ3v) is 2.17. The van der Waals surface area contributed by atoms with E-state index in [-0.39, 0.29) is 0 Å². The Hall–Kier alpha value is -0.870. The van der Waals surface area contributed by atoms with Crippen LogP contribution >= 0.6 is 0 Å². The lowest BCUT2D eigenvalue weighted by molar-refractivity contribution is 0.403. The lowest BCUT2D eigenvalue weighted by Gasteiger charge is -2.19. The number of nitrogens with zero attached hydrogens (tertiary/aromatic N) is 1. The van der Waals surface area contributed by atoms with Crippen LogP contribution in [-0.4, -0.2) is 22.8 Å². The zero-order valence-corrected chi connectivity index (χ0v) is 8.25. The van der Waals surface area contributed by atoms with Crippen molar-refractivity contribution in [1.29, 1.82) is 0 Å². The Balaban J connectivity index is 2.32. The fourth-order valence-electron chi connectivity index (χ4n) is 1.22. The molecule has 0 aliphatic heterocycles. The topological polar surface area (TPSA) is 66.7 Å². The van der Waals surface area contributed by atoms with Crippen LogP contribution in [0.2, 0.25) is 0 Å². The summed E-state index contributed by atoms with van der Waals surface area (Å²) in [5, 5.41) is 10.2. The van der Waals surface area contributed by atoms with Gasteiger partial charge in [-0.1, -0.05) is 13.8 Å². The van der Waals surface area contributed by atoms with Crippen LogP contribution < -0.4 is 11.1 Å². The van der Waals surface area contributed by atoms with Crippen LogP contribution in [0.25, 0.3) is 0 Å². The maximum atomic E-state index is 5.62. The van der Waals surface area contributed by atoms with Crippen molar-refractivity contribution in [3.8, 4) is 0 Å². The van der Waals surface area contributed by atoms with Crippen molar-refractivity contribution < 1.29 is 0 Å². The second-order valence-corrected chi connectivity index (χ2v) is 3.55. The summed E-state index contributed by atoms with van der Waals surface area (Å²) in [5.74, 6) is 0.563. The van der Waals surface area contributed by atoms with Crippen LogP contribution in [0.3, 0.4) is 0 Å². The summed E-state index contributed by atoms with van der Waals surface area (Å²) in [6.07, 6.45) is 1.75. The van der Waals surface area contributed by atoms with E-state index in [1.165, 1.54) is 0 Å². The number of aromatic amines is 1. The van der Waals surface area contributed by atoms with Crippen molar-refractivity contribution in [3.05, 3.63) is 18.0 Å². The van der Waals surface area contributed by atoms with Gasteiger partial charge in [-0.3, -0.25) is 5.10 Å². The van der Waals surface area contributed by atoms with Gasteiger partial charge in [0.15, 0.2) is 0 Å². The largest absolute Gasteiger partial charge is 0.329 e. The van der Waals surface area contributed by atoms with Crippen molar-refractivity contribution in [2.24, 2.45) is 11.7 Å². The molecule has 1 heterocycles. The molecular formula is C9H18N4. The molecule has 1 atom stereocenters. The van der Waals surface area contributed by atoms with Gasteiger partial charge in [0.1, 0.15) is 0 Å². The zero-order valence-electron chi connectivity index (χ0n) is 8.25. The van der Waals surface area contributed by atoms with E-state index >= 15 is 0 Å². The molecule has 0 amide bonds. The molecule has 0 saturated heterocycles. The van der Waals surface area contributed by atoms with Gasteiger partial charge >= 0.3 is 0 Å². The highest BCUT2D eigenvalue weighted by Gasteiger charge is 2.09. The molecule has 1 aromatic heterocycles. The fourth-order valence-corrected chi connectivity index (χ4v) is 1.22. The average molecular weight is 182 g/mol. The van der Waals surface area contributed by atoms with Crippen LogP contribution in [0.15, 0.2) is 12.3 Å². The standard InChI is InChI=1S/C9H18N4/c1-7(2)9(5-10)11-6-8-3-4-12-13-8/h3-4,7,9,11H,5-6,10H2,1-2H3,(H,12,13). The number of hydrogen-bond acceptors (Lipinski definition) is 3. The first kappa shape index (κ1) is 10.2. The Bertz CT molecular complexity index is 218. The van der Waals surface area contributed by atoms with Gasteiger partial charge < -0.3 is 11.1 Å². The summed E-state index contributed by atoms with van der Waals surface area (Å²) < 4.78 is 0. The second kappa shape index (κ2) is 4.99. The van der Waals surface area contributed by atoms with Crippen molar-refractivity contribution >= 4 is 0 Å². The van der Waals surface area contributed by atoms with Crippen LogP contribution in [-0.2, 0) is 6.54 Å². The first-order valence-corrected chi connectivity index (χ1v) is 4.65. The molecule has 1 aromatic rings. The summed E-state index contributed by atoms with van der Waals surface area (Å²) in [7, 11) is 0. The van der Waals surface area contributed by atoms with Gasteiger partial charge in [-0.15, -0.1) is 0 Å². The van der Waals surface area contributed by atoms with Gasteiger partial charge in [-0.2, -0.15) is 5.10 Å². The first-order chi connectivity index (χ1) is 6.24. The predicted molar refractivity (Wildman–Crippen MR) is 53.1 cm³/mol. The number of nitrogens with one attached hydrogen (secondary N) is 2. The van der Waals surface area contributed by atoms with E-state index in [0.29, 0.717) is 18.5 Å². The summed E-state index contributed by atoms with van der Waals surface area (Å²) in [4.78, 5) is 0. The normalized spacial score (nSPS) is 13.5. The number of H-pyrrole nitrogens is 1. The Morgan fingerprint density at radius 1 is 1.62 bits per heavy atom. The van der Waals surface area contributed by atoms with E-state index in [4.69, 9.17) is 5.73 Å². The molecule has 0 saturated carbocycles. The van der Waals surface area contributed by atoms with Gasteiger partial charge in [-0.25, -0.2) is 0 Å². The summed E-state index contributed by atoms with van der Waals surface area (Å²) in [6, 6.07) is 2.34. The molecule has 4 nitrogen and oxygen atoms in total. The van der Waals surface area contributed by atoms with E-state index in [0.717, 1.165) is 12.2 Å². The zero-order chi connectivity index (χ0) is 9.68. The lowest BCUT2D eigenvalue weighted by atomic mass is 10.0. The molecule has 1 unspecified atom stereocenters. The van der Waals surface area contributed by atoms with Crippen molar-refractivity contribution in [2.45, 2.75) is 26.4 Å². The quantitative estimate of drug-likeness (QED) is 0.620. The van der Waals surface area contributed by atoms with E-state index in [2.05, 4.69) is 29.4 Å². The molecule has 74 valence electrons. The summed E-state index contributed by atoms with van der Waals surface area (Å²) in [6.45, 7) is 5.81. The molecule has 0 aliphatic carbocycles. The number of rotatable bonds is 5. The highest BCUT2D eigenvalue weighted by Crippen LogP contribution is 2.00. The van der Waals surface area contributed by atoms with Gasteiger partial charge in [-0.05, 0) is 12.0 Å². The molecule has 0 fully saturated rings. The minimum Gasteiger partial charge on any atom is -0.329 e. The molecule has 0 aromatic carbocycles. The van der Waals surface area contributed by atoms with E-state index in [1.807, 2.05) is 6.07 Å². The van der Waals surface area contributed by atoms with Gasteiger partial charge in [0, 0.05) is 31.0 Å². The minimum absolute atomic E-state index is 0.378. The van der Waals surface area contributed by atoms with Crippen molar-refractivity contribution in [3.63, 3.8) is 0 Å². The highest BCUT2D eigenvalue weighted by molar-refractivity contribution is 4.97.